The molecule has 0 fully saturated rings. The third-order valence-electron chi connectivity index (χ3n) is 3.63. The fourth-order valence-corrected chi connectivity index (χ4v) is 2.65. The van der Waals surface area contributed by atoms with Crippen molar-refractivity contribution >= 4 is 11.6 Å². The van der Waals surface area contributed by atoms with Crippen molar-refractivity contribution in [1.29, 1.82) is 0 Å². The molecule has 1 N–H and O–H groups in total. The number of aliphatic hydroxyl groups excluding tert-OH is 1. The Morgan fingerprint density at radius 2 is 1.95 bits per heavy atom. The highest BCUT2D eigenvalue weighted by molar-refractivity contribution is 6.30. The quantitative estimate of drug-likeness (QED) is 0.815. The molecule has 0 aliphatic rings. The van der Waals surface area contributed by atoms with Crippen LogP contribution in [0.25, 0.3) is 0 Å². The maximum absolute atomic E-state index is 10.5. The summed E-state index contributed by atoms with van der Waals surface area (Å²) >= 11 is 6.05. The fourth-order valence-electron chi connectivity index (χ4n) is 2.47. The van der Waals surface area contributed by atoms with Crippen LogP contribution in [0.3, 0.4) is 0 Å². The van der Waals surface area contributed by atoms with Crippen molar-refractivity contribution in [3.63, 3.8) is 0 Å². The van der Waals surface area contributed by atoms with Gasteiger partial charge in [0.1, 0.15) is 5.75 Å². The van der Waals surface area contributed by atoms with Crippen LogP contribution in [-0.2, 0) is 0 Å². The topological polar surface area (TPSA) is 32.7 Å². The molecule has 3 nitrogen and oxygen atoms in total. The third-order valence-corrected chi connectivity index (χ3v) is 3.87. The van der Waals surface area contributed by atoms with Gasteiger partial charge >= 0.3 is 0 Å². The normalized spacial score (nSPS) is 13.5. The first-order chi connectivity index (χ1) is 9.79. The Balaban J connectivity index is 2.79. The molecule has 0 aliphatic heterocycles. The number of benzene rings is 1. The molecule has 0 amide bonds. The Hall–Kier alpha value is -0.770. The second-order valence-corrected chi connectivity index (χ2v) is 6.61. The van der Waals surface area contributed by atoms with Crippen LogP contribution in [0.4, 0.5) is 0 Å². The molecule has 0 aromatic heterocycles. The lowest BCUT2D eigenvalue weighted by Gasteiger charge is -2.35. The van der Waals surface area contributed by atoms with Gasteiger partial charge < -0.3 is 9.84 Å². The summed E-state index contributed by atoms with van der Waals surface area (Å²) in [5, 5.41) is 11.1. The molecule has 0 spiro atoms. The number of hydrogen-bond acceptors (Lipinski definition) is 3. The zero-order chi connectivity index (χ0) is 16.0. The van der Waals surface area contributed by atoms with Crippen molar-refractivity contribution in [3.8, 4) is 5.75 Å². The van der Waals surface area contributed by atoms with Crippen LogP contribution in [0.15, 0.2) is 18.2 Å². The average molecular weight is 314 g/mol. The van der Waals surface area contributed by atoms with Crippen molar-refractivity contribution in [3.05, 3.63) is 28.8 Å². The van der Waals surface area contributed by atoms with Crippen molar-refractivity contribution in [1.82, 2.24) is 4.90 Å². The second-order valence-electron chi connectivity index (χ2n) is 6.17. The van der Waals surface area contributed by atoms with E-state index in [0.717, 1.165) is 18.7 Å². The molecule has 0 radical (unpaired) electrons. The number of halogens is 1. The highest BCUT2D eigenvalue weighted by Crippen LogP contribution is 2.31. The summed E-state index contributed by atoms with van der Waals surface area (Å²) in [6.07, 6.45) is 0.0903. The van der Waals surface area contributed by atoms with Gasteiger partial charge in [0.15, 0.2) is 0 Å². The number of rotatable bonds is 7. The molecule has 1 rings (SSSR count). The van der Waals surface area contributed by atoms with Gasteiger partial charge in [-0.1, -0.05) is 18.5 Å². The zero-order valence-corrected chi connectivity index (χ0v) is 14.6. The highest BCUT2D eigenvalue weighted by atomic mass is 35.5. The Bertz CT molecular complexity index is 443. The van der Waals surface area contributed by atoms with Gasteiger partial charge in [-0.05, 0) is 58.9 Å². The molecule has 0 heterocycles. The lowest BCUT2D eigenvalue weighted by Crippen LogP contribution is -2.42. The molecular formula is C17H28ClNO2. The van der Waals surface area contributed by atoms with E-state index >= 15 is 0 Å². The van der Waals surface area contributed by atoms with Crippen LogP contribution in [0.2, 0.25) is 5.02 Å². The molecule has 0 bridgehead atoms. The largest absolute Gasteiger partial charge is 0.493 e. The summed E-state index contributed by atoms with van der Waals surface area (Å²) in [7, 11) is 0. The molecule has 0 saturated carbocycles. The first kappa shape index (κ1) is 18.3. The van der Waals surface area contributed by atoms with E-state index in [9.17, 15) is 5.11 Å². The fraction of sp³-hybridized carbons (Fsp3) is 0.647. The first-order valence-electron chi connectivity index (χ1n) is 7.65. The maximum Gasteiger partial charge on any atom is 0.125 e. The molecule has 21 heavy (non-hydrogen) atoms. The van der Waals surface area contributed by atoms with E-state index in [2.05, 4.69) is 32.6 Å². The number of nitrogens with zero attached hydrogens (tertiary/aromatic N) is 1. The minimum Gasteiger partial charge on any atom is -0.493 e. The van der Waals surface area contributed by atoms with E-state index in [-0.39, 0.29) is 5.54 Å². The minimum atomic E-state index is -0.568. The van der Waals surface area contributed by atoms with Gasteiger partial charge in [0.05, 0.1) is 12.7 Å². The van der Waals surface area contributed by atoms with Crippen LogP contribution in [0.5, 0.6) is 5.75 Å². The van der Waals surface area contributed by atoms with Gasteiger partial charge in [-0.25, -0.2) is 0 Å². The van der Waals surface area contributed by atoms with Crippen molar-refractivity contribution < 1.29 is 9.84 Å². The lowest BCUT2D eigenvalue weighted by atomic mass is 10.0. The zero-order valence-electron chi connectivity index (χ0n) is 13.8. The molecule has 120 valence electrons. The number of hydrogen-bond donors (Lipinski definition) is 1. The van der Waals surface area contributed by atoms with Gasteiger partial charge in [0, 0.05) is 22.7 Å². The molecule has 1 aromatic carbocycles. The van der Waals surface area contributed by atoms with Crippen LogP contribution < -0.4 is 4.74 Å². The second kappa shape index (κ2) is 8.02. The molecule has 1 unspecified atom stereocenters. The Morgan fingerprint density at radius 3 is 2.48 bits per heavy atom. The first-order valence-corrected chi connectivity index (χ1v) is 8.02. The van der Waals surface area contributed by atoms with Crippen LogP contribution in [0, 0.1) is 0 Å². The van der Waals surface area contributed by atoms with Crippen LogP contribution in [0.1, 0.15) is 52.7 Å². The summed E-state index contributed by atoms with van der Waals surface area (Å²) in [6.45, 7) is 13.0. The smallest absolute Gasteiger partial charge is 0.125 e. The van der Waals surface area contributed by atoms with E-state index in [0.29, 0.717) is 23.8 Å². The monoisotopic (exact) mass is 313 g/mol. The maximum atomic E-state index is 10.5. The summed E-state index contributed by atoms with van der Waals surface area (Å²) in [5.41, 5.74) is 0.875. The van der Waals surface area contributed by atoms with Crippen molar-refractivity contribution in [2.75, 3.05) is 19.7 Å². The van der Waals surface area contributed by atoms with Crippen molar-refractivity contribution in [2.24, 2.45) is 0 Å². The molecule has 1 aromatic rings. The molecule has 0 aliphatic carbocycles. The SMILES string of the molecule is CCOc1ccc(Cl)cc1C(O)CCN(CC)C(C)(C)C. The Kier molecular flexibility index (Phi) is 6.98. The molecule has 1 atom stereocenters. The minimum absolute atomic E-state index is 0.103. The average Bonchev–Trinajstić information content (AvgIpc) is 2.40. The summed E-state index contributed by atoms with van der Waals surface area (Å²) in [5.74, 6) is 0.716. The van der Waals surface area contributed by atoms with Crippen LogP contribution in [-0.4, -0.2) is 35.2 Å². The molecular weight excluding hydrogens is 286 g/mol. The van der Waals surface area contributed by atoms with Gasteiger partial charge in [0.2, 0.25) is 0 Å². The summed E-state index contributed by atoms with van der Waals surface area (Å²) in [6, 6.07) is 5.41. The highest BCUT2D eigenvalue weighted by Gasteiger charge is 2.21. The molecule has 0 saturated heterocycles. The lowest BCUT2D eigenvalue weighted by molar-refractivity contribution is 0.0981. The molecule has 4 heteroatoms. The number of aliphatic hydroxyl groups is 1. The summed E-state index contributed by atoms with van der Waals surface area (Å²) < 4.78 is 5.58. The van der Waals surface area contributed by atoms with Crippen LogP contribution >= 0.6 is 11.6 Å². The van der Waals surface area contributed by atoms with E-state index in [1.807, 2.05) is 13.0 Å². The Labute approximate surface area is 133 Å². The van der Waals surface area contributed by atoms with Gasteiger partial charge in [0.25, 0.3) is 0 Å². The van der Waals surface area contributed by atoms with E-state index in [1.165, 1.54) is 0 Å². The van der Waals surface area contributed by atoms with Gasteiger partial charge in [-0.3, -0.25) is 4.90 Å². The van der Waals surface area contributed by atoms with Crippen molar-refractivity contribution in [2.45, 2.75) is 52.7 Å². The third kappa shape index (κ3) is 5.50. The van der Waals surface area contributed by atoms with E-state index in [1.54, 1.807) is 12.1 Å². The van der Waals surface area contributed by atoms with Gasteiger partial charge in [-0.15, -0.1) is 0 Å². The standard InChI is InChI=1S/C17H28ClNO2/c1-6-19(17(3,4)5)11-10-15(20)14-12-13(18)8-9-16(14)21-7-2/h8-9,12,15,20H,6-7,10-11H2,1-5H3. The predicted molar refractivity (Wildman–Crippen MR) is 89.2 cm³/mol. The predicted octanol–water partition coefficient (Wildman–Crippen LogP) is 4.28. The Morgan fingerprint density at radius 1 is 1.29 bits per heavy atom. The summed E-state index contributed by atoms with van der Waals surface area (Å²) in [4.78, 5) is 2.35. The van der Waals surface area contributed by atoms with E-state index in [4.69, 9.17) is 16.3 Å². The number of ether oxygens (including phenoxy) is 1. The van der Waals surface area contributed by atoms with Gasteiger partial charge in [-0.2, -0.15) is 0 Å². The van der Waals surface area contributed by atoms with E-state index < -0.39 is 6.10 Å².